The summed E-state index contributed by atoms with van der Waals surface area (Å²) in [6.07, 6.45) is 2.56. The molecule has 0 aromatic heterocycles. The second-order valence-corrected chi connectivity index (χ2v) is 8.72. The Morgan fingerprint density at radius 3 is 2.57 bits per heavy atom. The van der Waals surface area contributed by atoms with Crippen LogP contribution >= 0.6 is 0 Å². The van der Waals surface area contributed by atoms with Gasteiger partial charge in [-0.2, -0.15) is 0 Å². The Hall–Kier alpha value is -2.08. The van der Waals surface area contributed by atoms with E-state index in [1.54, 1.807) is 6.07 Å². The molecule has 2 fully saturated rings. The number of hydrogen-bond acceptors (Lipinski definition) is 5. The summed E-state index contributed by atoms with van der Waals surface area (Å²) in [5, 5.41) is 0. The van der Waals surface area contributed by atoms with Gasteiger partial charge in [0, 0.05) is 31.7 Å². The predicted octanol–water partition coefficient (Wildman–Crippen LogP) is 3.99. The first-order chi connectivity index (χ1) is 13.3. The van der Waals surface area contributed by atoms with Crippen molar-refractivity contribution in [3.05, 3.63) is 35.4 Å². The fourth-order valence-corrected chi connectivity index (χ4v) is 3.77. The van der Waals surface area contributed by atoms with Crippen LogP contribution in [0.3, 0.4) is 0 Å². The lowest BCUT2D eigenvalue weighted by atomic mass is 9.99. The van der Waals surface area contributed by atoms with Crippen LogP contribution in [0.2, 0.25) is 0 Å². The Bertz CT molecular complexity index is 705. The van der Waals surface area contributed by atoms with Crippen LogP contribution in [0.15, 0.2) is 24.3 Å². The zero-order valence-corrected chi connectivity index (χ0v) is 17.3. The lowest BCUT2D eigenvalue weighted by Crippen LogP contribution is -2.42. The highest BCUT2D eigenvalue weighted by atomic mass is 16.6. The molecule has 1 saturated carbocycles. The minimum Gasteiger partial charge on any atom is -0.465 e. The van der Waals surface area contributed by atoms with Gasteiger partial charge in [0.15, 0.2) is 0 Å². The number of amides is 1. The van der Waals surface area contributed by atoms with Gasteiger partial charge in [0.1, 0.15) is 5.60 Å². The van der Waals surface area contributed by atoms with E-state index in [0.29, 0.717) is 18.0 Å². The molecule has 0 spiro atoms. The second kappa shape index (κ2) is 8.52. The van der Waals surface area contributed by atoms with Crippen molar-refractivity contribution >= 4 is 12.1 Å². The van der Waals surface area contributed by atoms with Crippen LogP contribution in [0.5, 0.6) is 0 Å². The summed E-state index contributed by atoms with van der Waals surface area (Å²) in [6, 6.07) is 7.61. The zero-order valence-electron chi connectivity index (χ0n) is 17.3. The van der Waals surface area contributed by atoms with Gasteiger partial charge in [-0.25, -0.2) is 9.59 Å². The number of carbonyl (C=O) groups is 2. The summed E-state index contributed by atoms with van der Waals surface area (Å²) < 4.78 is 16.0. The number of ether oxygens (including phenoxy) is 3. The highest BCUT2D eigenvalue weighted by Gasteiger charge is 2.46. The summed E-state index contributed by atoms with van der Waals surface area (Å²) in [4.78, 5) is 26.6. The summed E-state index contributed by atoms with van der Waals surface area (Å²) in [7, 11) is 1.38. The number of methoxy groups -OCH3 is 1. The molecule has 154 valence electrons. The van der Waals surface area contributed by atoms with Gasteiger partial charge in [0.05, 0.1) is 12.7 Å². The third-order valence-electron chi connectivity index (χ3n) is 5.32. The van der Waals surface area contributed by atoms with E-state index in [1.807, 2.05) is 43.9 Å². The fraction of sp³-hybridized carbons (Fsp3) is 0.636. The van der Waals surface area contributed by atoms with Crippen LogP contribution in [0.25, 0.3) is 0 Å². The molecule has 2 unspecified atom stereocenters. The Balaban J connectivity index is 1.73. The molecule has 1 saturated heterocycles. The first-order valence-electron chi connectivity index (χ1n) is 10.0. The van der Waals surface area contributed by atoms with E-state index in [9.17, 15) is 9.59 Å². The van der Waals surface area contributed by atoms with Gasteiger partial charge in [-0.15, -0.1) is 0 Å². The molecule has 1 aliphatic heterocycles. The molecule has 1 heterocycles. The Labute approximate surface area is 167 Å². The quantitative estimate of drug-likeness (QED) is 0.713. The van der Waals surface area contributed by atoms with E-state index in [0.717, 1.165) is 38.0 Å². The first-order valence-corrected chi connectivity index (χ1v) is 10.0. The van der Waals surface area contributed by atoms with Crippen LogP contribution in [0, 0.1) is 5.92 Å². The van der Waals surface area contributed by atoms with E-state index in [2.05, 4.69) is 0 Å². The largest absolute Gasteiger partial charge is 0.465 e. The van der Waals surface area contributed by atoms with Crippen LogP contribution < -0.4 is 0 Å². The first kappa shape index (κ1) is 20.6. The van der Waals surface area contributed by atoms with Gasteiger partial charge < -0.3 is 19.1 Å². The van der Waals surface area contributed by atoms with Crippen molar-refractivity contribution in [2.45, 2.75) is 57.6 Å². The normalized spacial score (nSPS) is 22.4. The van der Waals surface area contributed by atoms with Crippen molar-refractivity contribution in [1.29, 1.82) is 0 Å². The molecule has 1 aromatic carbocycles. The molecule has 2 atom stereocenters. The van der Waals surface area contributed by atoms with Gasteiger partial charge in [0.25, 0.3) is 0 Å². The maximum atomic E-state index is 12.9. The van der Waals surface area contributed by atoms with Gasteiger partial charge in [-0.1, -0.05) is 12.1 Å². The average Bonchev–Trinajstić information content (AvgIpc) is 3.45. The highest BCUT2D eigenvalue weighted by Crippen LogP contribution is 2.46. The summed E-state index contributed by atoms with van der Waals surface area (Å²) in [5.74, 6) is 0.311. The minimum absolute atomic E-state index is 0.102. The van der Waals surface area contributed by atoms with Crippen molar-refractivity contribution in [3.8, 4) is 0 Å². The molecule has 3 rings (SSSR count). The molecule has 28 heavy (non-hydrogen) atoms. The third-order valence-corrected chi connectivity index (χ3v) is 5.32. The molecule has 2 aliphatic rings. The zero-order chi connectivity index (χ0) is 20.3. The lowest BCUT2D eigenvalue weighted by molar-refractivity contribution is 0.0100. The van der Waals surface area contributed by atoms with E-state index in [4.69, 9.17) is 14.2 Å². The van der Waals surface area contributed by atoms with Crippen LogP contribution in [-0.2, 0) is 14.2 Å². The number of esters is 1. The van der Waals surface area contributed by atoms with Gasteiger partial charge in [-0.3, -0.25) is 0 Å². The van der Waals surface area contributed by atoms with E-state index < -0.39 is 5.60 Å². The molecular formula is C22H31NO5. The second-order valence-electron chi connectivity index (χ2n) is 8.72. The summed E-state index contributed by atoms with van der Waals surface area (Å²) in [6.45, 7) is 7.87. The molecule has 6 heteroatoms. The van der Waals surface area contributed by atoms with E-state index >= 15 is 0 Å². The molecule has 1 aromatic rings. The molecule has 0 bridgehead atoms. The topological polar surface area (TPSA) is 65.1 Å². The number of hydrogen-bond donors (Lipinski definition) is 0. The van der Waals surface area contributed by atoms with E-state index in [1.165, 1.54) is 7.11 Å². The maximum absolute atomic E-state index is 12.9. The van der Waals surface area contributed by atoms with Gasteiger partial charge in [-0.05, 0) is 63.6 Å². The molecule has 1 aliphatic carbocycles. The average molecular weight is 389 g/mol. The lowest BCUT2D eigenvalue weighted by Gasteiger charge is -2.32. The van der Waals surface area contributed by atoms with Crippen molar-refractivity contribution in [1.82, 2.24) is 4.90 Å². The maximum Gasteiger partial charge on any atom is 0.410 e. The molecule has 1 amide bonds. The van der Waals surface area contributed by atoms with Crippen molar-refractivity contribution < 1.29 is 23.8 Å². The highest BCUT2D eigenvalue weighted by molar-refractivity contribution is 5.89. The number of nitrogens with zero attached hydrogens (tertiary/aromatic N) is 1. The third kappa shape index (κ3) is 5.25. The van der Waals surface area contributed by atoms with Crippen LogP contribution in [0.4, 0.5) is 4.79 Å². The SMILES string of the molecule is COC(=O)c1cccc(C2CC2N(CC2CCOCC2)C(=O)OC(C)(C)C)c1. The molecule has 6 nitrogen and oxygen atoms in total. The van der Waals surface area contributed by atoms with Crippen molar-refractivity contribution in [2.24, 2.45) is 5.92 Å². The Morgan fingerprint density at radius 1 is 1.21 bits per heavy atom. The van der Waals surface area contributed by atoms with Gasteiger partial charge >= 0.3 is 12.1 Å². The fourth-order valence-electron chi connectivity index (χ4n) is 3.77. The summed E-state index contributed by atoms with van der Waals surface area (Å²) >= 11 is 0. The molecule has 0 radical (unpaired) electrons. The Morgan fingerprint density at radius 2 is 1.93 bits per heavy atom. The van der Waals surface area contributed by atoms with Crippen molar-refractivity contribution in [2.75, 3.05) is 26.9 Å². The van der Waals surface area contributed by atoms with Crippen LogP contribution in [-0.4, -0.2) is 55.5 Å². The summed E-state index contributed by atoms with van der Waals surface area (Å²) in [5.41, 5.74) is 1.08. The Kier molecular flexibility index (Phi) is 6.28. The minimum atomic E-state index is -0.528. The monoisotopic (exact) mass is 389 g/mol. The standard InChI is InChI=1S/C22H31NO5/c1-22(2,3)28-21(25)23(14-15-8-10-27-11-9-15)19-13-18(19)16-6-5-7-17(12-16)20(24)26-4/h5-7,12,15,18-19H,8-11,13-14H2,1-4H3. The number of rotatable bonds is 5. The smallest absolute Gasteiger partial charge is 0.410 e. The number of benzene rings is 1. The predicted molar refractivity (Wildman–Crippen MR) is 105 cm³/mol. The van der Waals surface area contributed by atoms with Crippen LogP contribution in [0.1, 0.15) is 61.9 Å². The van der Waals surface area contributed by atoms with E-state index in [-0.39, 0.29) is 24.0 Å². The van der Waals surface area contributed by atoms with Gasteiger partial charge in [0.2, 0.25) is 0 Å². The molecular weight excluding hydrogens is 358 g/mol. The number of carbonyl (C=O) groups excluding carboxylic acids is 2. The van der Waals surface area contributed by atoms with Crippen molar-refractivity contribution in [3.63, 3.8) is 0 Å². The molecule has 0 N–H and O–H groups in total.